The molecular weight excluding hydrogens is 248 g/mol. The zero-order valence-corrected chi connectivity index (χ0v) is 10.5. The zero-order chi connectivity index (χ0) is 12.8. The average molecular weight is 261 g/mol. The molecule has 0 N–H and O–H groups in total. The van der Waals surface area contributed by atoms with Gasteiger partial charge in [0.05, 0.1) is 0 Å². The van der Waals surface area contributed by atoms with Gasteiger partial charge in [0.25, 0.3) is 0 Å². The lowest BCUT2D eigenvalue weighted by molar-refractivity contribution is -0.144. The van der Waals surface area contributed by atoms with E-state index in [1.54, 1.807) is 12.1 Å². The van der Waals surface area contributed by atoms with E-state index in [2.05, 4.69) is 0 Å². The standard InChI is InChI=1S/C15H13ClO2/c16-14(13-9-5-2-6-10-13)15(17)18-11-12-7-3-1-4-8-12/h1-10,14H,11H2/t14-/m1/s1. The molecule has 2 nitrogen and oxygen atoms in total. The molecule has 1 atom stereocenters. The predicted octanol–water partition coefficient (Wildman–Crippen LogP) is 3.71. The molecule has 0 fully saturated rings. The minimum Gasteiger partial charge on any atom is -0.459 e. The van der Waals surface area contributed by atoms with Crippen molar-refractivity contribution in [2.45, 2.75) is 12.0 Å². The number of esters is 1. The topological polar surface area (TPSA) is 26.3 Å². The first-order valence-corrected chi connectivity index (χ1v) is 6.10. The van der Waals surface area contributed by atoms with E-state index in [9.17, 15) is 4.79 Å². The van der Waals surface area contributed by atoms with Gasteiger partial charge in [0.1, 0.15) is 6.61 Å². The molecule has 0 amide bonds. The van der Waals surface area contributed by atoms with Crippen LogP contribution in [0.25, 0.3) is 0 Å². The molecule has 3 heteroatoms. The van der Waals surface area contributed by atoms with Gasteiger partial charge in [0.2, 0.25) is 0 Å². The summed E-state index contributed by atoms with van der Waals surface area (Å²) in [5, 5.41) is -0.755. The molecule has 2 aromatic rings. The summed E-state index contributed by atoms with van der Waals surface area (Å²) >= 11 is 6.05. The normalized spacial score (nSPS) is 11.8. The van der Waals surface area contributed by atoms with E-state index >= 15 is 0 Å². The third-order valence-electron chi connectivity index (χ3n) is 2.52. The molecular formula is C15H13ClO2. The van der Waals surface area contributed by atoms with Crippen LogP contribution in [0.3, 0.4) is 0 Å². The molecule has 0 unspecified atom stereocenters. The number of hydrogen-bond donors (Lipinski definition) is 0. The number of carbonyl (C=O) groups is 1. The highest BCUT2D eigenvalue weighted by Gasteiger charge is 2.18. The molecule has 92 valence electrons. The third kappa shape index (κ3) is 3.34. The molecule has 0 heterocycles. The number of halogens is 1. The number of benzene rings is 2. The van der Waals surface area contributed by atoms with E-state index in [4.69, 9.17) is 16.3 Å². The highest BCUT2D eigenvalue weighted by atomic mass is 35.5. The quantitative estimate of drug-likeness (QED) is 0.619. The summed E-state index contributed by atoms with van der Waals surface area (Å²) in [6.45, 7) is 0.246. The molecule has 0 radical (unpaired) electrons. The Balaban J connectivity index is 1.93. The number of hydrogen-bond acceptors (Lipinski definition) is 2. The van der Waals surface area contributed by atoms with Gasteiger partial charge in [-0.3, -0.25) is 4.79 Å². The minimum atomic E-state index is -0.755. The number of rotatable bonds is 4. The number of alkyl halides is 1. The highest BCUT2D eigenvalue weighted by Crippen LogP contribution is 2.21. The molecule has 0 saturated carbocycles. The maximum atomic E-state index is 11.8. The van der Waals surface area contributed by atoms with Crippen molar-refractivity contribution in [2.75, 3.05) is 0 Å². The van der Waals surface area contributed by atoms with Gasteiger partial charge in [0.15, 0.2) is 5.38 Å². The molecule has 0 aliphatic rings. The Bertz CT molecular complexity index is 496. The Hall–Kier alpha value is -1.80. The lowest BCUT2D eigenvalue weighted by Crippen LogP contribution is -2.11. The van der Waals surface area contributed by atoms with Gasteiger partial charge >= 0.3 is 5.97 Å². The summed E-state index contributed by atoms with van der Waals surface area (Å²) in [6, 6.07) is 18.7. The molecule has 18 heavy (non-hydrogen) atoms. The summed E-state index contributed by atoms with van der Waals surface area (Å²) in [5.74, 6) is -0.424. The second kappa shape index (κ2) is 6.22. The Labute approximate surface area is 111 Å². The van der Waals surface area contributed by atoms with Crippen LogP contribution in [0.5, 0.6) is 0 Å². The Morgan fingerprint density at radius 2 is 1.56 bits per heavy atom. The zero-order valence-electron chi connectivity index (χ0n) is 9.75. The smallest absolute Gasteiger partial charge is 0.328 e. The molecule has 0 saturated heterocycles. The SMILES string of the molecule is O=C(OCc1ccccc1)[C@H](Cl)c1ccccc1. The average Bonchev–Trinajstić information content (AvgIpc) is 2.46. The van der Waals surface area contributed by atoms with E-state index in [0.29, 0.717) is 0 Å². The van der Waals surface area contributed by atoms with Crippen LogP contribution in [0.15, 0.2) is 60.7 Å². The fraction of sp³-hybridized carbons (Fsp3) is 0.133. The van der Waals surface area contributed by atoms with Crippen LogP contribution in [0.1, 0.15) is 16.5 Å². The van der Waals surface area contributed by atoms with Gasteiger partial charge in [-0.25, -0.2) is 0 Å². The van der Waals surface area contributed by atoms with Gasteiger partial charge < -0.3 is 4.74 Å². The van der Waals surface area contributed by atoms with E-state index in [-0.39, 0.29) is 6.61 Å². The minimum absolute atomic E-state index is 0.246. The van der Waals surface area contributed by atoms with Crippen molar-refractivity contribution in [2.24, 2.45) is 0 Å². The molecule has 2 aromatic carbocycles. The molecule has 2 rings (SSSR count). The van der Waals surface area contributed by atoms with Gasteiger partial charge in [-0.1, -0.05) is 60.7 Å². The van der Waals surface area contributed by atoms with Crippen LogP contribution in [-0.2, 0) is 16.1 Å². The van der Waals surface area contributed by atoms with Gasteiger partial charge in [-0.05, 0) is 11.1 Å². The maximum absolute atomic E-state index is 11.8. The first kappa shape index (κ1) is 12.7. The molecule has 0 aliphatic heterocycles. The van der Waals surface area contributed by atoms with Crippen LogP contribution in [0.2, 0.25) is 0 Å². The first-order chi connectivity index (χ1) is 8.77. The second-order valence-corrected chi connectivity index (χ2v) is 4.30. The van der Waals surface area contributed by atoms with Crippen LogP contribution in [-0.4, -0.2) is 5.97 Å². The largest absolute Gasteiger partial charge is 0.459 e. The van der Waals surface area contributed by atoms with Crippen molar-refractivity contribution in [3.63, 3.8) is 0 Å². The highest BCUT2D eigenvalue weighted by molar-refractivity contribution is 6.29. The molecule has 0 aliphatic carbocycles. The summed E-state index contributed by atoms with van der Waals surface area (Å²) in [6.07, 6.45) is 0. The van der Waals surface area contributed by atoms with E-state index in [1.165, 1.54) is 0 Å². The second-order valence-electron chi connectivity index (χ2n) is 3.87. The number of ether oxygens (including phenoxy) is 1. The van der Waals surface area contributed by atoms with Crippen molar-refractivity contribution >= 4 is 17.6 Å². The van der Waals surface area contributed by atoms with Gasteiger partial charge in [-0.15, -0.1) is 11.6 Å². The summed E-state index contributed by atoms with van der Waals surface area (Å²) in [4.78, 5) is 11.8. The lowest BCUT2D eigenvalue weighted by atomic mass is 10.1. The Kier molecular flexibility index (Phi) is 4.37. The van der Waals surface area contributed by atoms with Crippen LogP contribution in [0.4, 0.5) is 0 Å². The van der Waals surface area contributed by atoms with Crippen molar-refractivity contribution in [3.05, 3.63) is 71.8 Å². The van der Waals surface area contributed by atoms with Crippen molar-refractivity contribution in [1.29, 1.82) is 0 Å². The molecule has 0 bridgehead atoms. The third-order valence-corrected chi connectivity index (χ3v) is 2.95. The van der Waals surface area contributed by atoms with E-state index < -0.39 is 11.3 Å². The summed E-state index contributed by atoms with van der Waals surface area (Å²) < 4.78 is 5.17. The summed E-state index contributed by atoms with van der Waals surface area (Å²) in [5.41, 5.74) is 1.69. The maximum Gasteiger partial charge on any atom is 0.328 e. The van der Waals surface area contributed by atoms with E-state index in [1.807, 2.05) is 48.5 Å². The van der Waals surface area contributed by atoms with Gasteiger partial charge in [-0.2, -0.15) is 0 Å². The first-order valence-electron chi connectivity index (χ1n) is 5.67. The van der Waals surface area contributed by atoms with Gasteiger partial charge in [0, 0.05) is 0 Å². The fourth-order valence-corrected chi connectivity index (χ4v) is 1.77. The number of carbonyl (C=O) groups excluding carboxylic acids is 1. The van der Waals surface area contributed by atoms with Crippen molar-refractivity contribution in [3.8, 4) is 0 Å². The van der Waals surface area contributed by atoms with Crippen LogP contribution >= 0.6 is 11.6 Å². The Morgan fingerprint density at radius 1 is 1.00 bits per heavy atom. The van der Waals surface area contributed by atoms with Crippen LogP contribution < -0.4 is 0 Å². The molecule has 0 aromatic heterocycles. The van der Waals surface area contributed by atoms with Crippen LogP contribution in [0, 0.1) is 0 Å². The monoisotopic (exact) mass is 260 g/mol. The van der Waals surface area contributed by atoms with E-state index in [0.717, 1.165) is 11.1 Å². The predicted molar refractivity (Wildman–Crippen MR) is 71.3 cm³/mol. The van der Waals surface area contributed by atoms with Crippen molar-refractivity contribution in [1.82, 2.24) is 0 Å². The summed E-state index contributed by atoms with van der Waals surface area (Å²) in [7, 11) is 0. The Morgan fingerprint density at radius 3 is 2.17 bits per heavy atom. The molecule has 0 spiro atoms. The lowest BCUT2D eigenvalue weighted by Gasteiger charge is -2.10. The fourth-order valence-electron chi connectivity index (χ4n) is 1.56. The van der Waals surface area contributed by atoms with Crippen molar-refractivity contribution < 1.29 is 9.53 Å².